The summed E-state index contributed by atoms with van der Waals surface area (Å²) in [5.41, 5.74) is 0.485. The average molecular weight is 306 g/mol. The molecule has 0 aromatic heterocycles. The Kier molecular flexibility index (Phi) is 4.74. The van der Waals surface area contributed by atoms with Crippen LogP contribution in [0.15, 0.2) is 29.2 Å². The van der Waals surface area contributed by atoms with Gasteiger partial charge in [-0.15, -0.1) is 0 Å². The van der Waals surface area contributed by atoms with E-state index in [4.69, 9.17) is 0 Å². The summed E-state index contributed by atoms with van der Waals surface area (Å²) in [5, 5.41) is 10.4. The molecule has 1 aromatic rings. The summed E-state index contributed by atoms with van der Waals surface area (Å²) in [6.45, 7) is 2.39. The van der Waals surface area contributed by atoms with Gasteiger partial charge in [0.25, 0.3) is 16.8 Å². The van der Waals surface area contributed by atoms with Crippen molar-refractivity contribution in [3.05, 3.63) is 44.8 Å². The molecule has 0 spiro atoms. The van der Waals surface area contributed by atoms with E-state index in [0.717, 1.165) is 24.6 Å². The maximum Gasteiger partial charge on any atom is 0.293 e. The molecule has 7 heteroatoms. The number of nitro groups is 1. The van der Waals surface area contributed by atoms with Crippen molar-refractivity contribution in [2.75, 3.05) is 6.54 Å². The first-order valence-corrected chi connectivity index (χ1v) is 7.34. The lowest BCUT2D eigenvalue weighted by atomic mass is 10.2. The minimum Gasteiger partial charge on any atom is -0.268 e. The van der Waals surface area contributed by atoms with Gasteiger partial charge in [-0.3, -0.25) is 24.6 Å². The normalized spacial score (nSPS) is 16.8. The molecule has 0 unspecified atom stereocenters. The van der Waals surface area contributed by atoms with Crippen LogP contribution >= 0.6 is 11.8 Å². The van der Waals surface area contributed by atoms with E-state index in [1.165, 1.54) is 23.1 Å². The van der Waals surface area contributed by atoms with E-state index >= 15 is 0 Å². The first-order valence-electron chi connectivity index (χ1n) is 6.52. The number of nitro benzene ring substituents is 1. The average Bonchev–Trinajstić information content (AvgIpc) is 2.72. The molecule has 1 aliphatic heterocycles. The van der Waals surface area contributed by atoms with E-state index in [1.807, 2.05) is 6.92 Å². The van der Waals surface area contributed by atoms with Crippen molar-refractivity contribution < 1.29 is 14.5 Å². The third kappa shape index (κ3) is 3.49. The second-order valence-electron chi connectivity index (χ2n) is 4.54. The predicted octanol–water partition coefficient (Wildman–Crippen LogP) is 3.43. The standard InChI is InChI=1S/C14H14N2O4S/c1-2-3-7-15-13(17)12(21-14(15)18)9-10-5-4-6-11(8-10)16(19)20/h4-6,8-9H,2-3,7H2,1H3/b12-9-. The van der Waals surface area contributed by atoms with Gasteiger partial charge in [-0.05, 0) is 29.8 Å². The topological polar surface area (TPSA) is 80.5 Å². The summed E-state index contributed by atoms with van der Waals surface area (Å²) < 4.78 is 0. The molecule has 2 amide bonds. The molecule has 0 N–H and O–H groups in total. The zero-order chi connectivity index (χ0) is 15.4. The van der Waals surface area contributed by atoms with E-state index in [9.17, 15) is 19.7 Å². The molecule has 1 fully saturated rings. The fraction of sp³-hybridized carbons (Fsp3) is 0.286. The van der Waals surface area contributed by atoms with Crippen LogP contribution in [0.5, 0.6) is 0 Å². The van der Waals surface area contributed by atoms with Crippen LogP contribution < -0.4 is 0 Å². The molecule has 1 aliphatic rings. The maximum atomic E-state index is 12.1. The molecule has 6 nitrogen and oxygen atoms in total. The molecule has 1 aromatic carbocycles. The Morgan fingerprint density at radius 1 is 1.38 bits per heavy atom. The van der Waals surface area contributed by atoms with Gasteiger partial charge in [0, 0.05) is 18.7 Å². The van der Waals surface area contributed by atoms with Crippen molar-refractivity contribution >= 4 is 34.7 Å². The van der Waals surface area contributed by atoms with E-state index < -0.39 is 4.92 Å². The number of carbonyl (C=O) groups is 2. The largest absolute Gasteiger partial charge is 0.293 e. The third-order valence-electron chi connectivity index (χ3n) is 2.99. The Bertz CT molecular complexity index is 627. The van der Waals surface area contributed by atoms with Gasteiger partial charge >= 0.3 is 0 Å². The molecule has 1 heterocycles. The van der Waals surface area contributed by atoms with Crippen molar-refractivity contribution in [3.63, 3.8) is 0 Å². The first kappa shape index (κ1) is 15.2. The number of hydrogen-bond acceptors (Lipinski definition) is 5. The fourth-order valence-electron chi connectivity index (χ4n) is 1.89. The molecule has 21 heavy (non-hydrogen) atoms. The molecule has 0 bridgehead atoms. The maximum absolute atomic E-state index is 12.1. The first-order chi connectivity index (χ1) is 10.0. The quantitative estimate of drug-likeness (QED) is 0.473. The number of nitrogens with zero attached hydrogens (tertiary/aromatic N) is 2. The molecule has 0 radical (unpaired) electrons. The molecule has 110 valence electrons. The number of amides is 2. The highest BCUT2D eigenvalue weighted by atomic mass is 32.2. The van der Waals surface area contributed by atoms with E-state index in [1.54, 1.807) is 12.1 Å². The van der Waals surface area contributed by atoms with Gasteiger partial charge < -0.3 is 0 Å². The Hall–Kier alpha value is -2.15. The van der Waals surface area contributed by atoms with Crippen LogP contribution in [0.1, 0.15) is 25.3 Å². The minimum absolute atomic E-state index is 0.0473. The monoisotopic (exact) mass is 306 g/mol. The summed E-state index contributed by atoms with van der Waals surface area (Å²) in [5.74, 6) is -0.329. The van der Waals surface area contributed by atoms with Crippen molar-refractivity contribution in [2.24, 2.45) is 0 Å². The van der Waals surface area contributed by atoms with Crippen LogP contribution in [0, 0.1) is 10.1 Å². The van der Waals surface area contributed by atoms with Crippen LogP contribution in [0.4, 0.5) is 10.5 Å². The second-order valence-corrected chi connectivity index (χ2v) is 5.53. The Labute approximate surface area is 126 Å². The highest BCUT2D eigenvalue weighted by Gasteiger charge is 2.34. The molecule has 0 atom stereocenters. The molecule has 1 saturated heterocycles. The predicted molar refractivity (Wildman–Crippen MR) is 80.7 cm³/mol. The number of carbonyl (C=O) groups excluding carboxylic acids is 2. The zero-order valence-electron chi connectivity index (χ0n) is 11.4. The van der Waals surface area contributed by atoms with Gasteiger partial charge in [-0.25, -0.2) is 0 Å². The van der Waals surface area contributed by atoms with E-state index in [2.05, 4.69) is 0 Å². The highest BCUT2D eigenvalue weighted by molar-refractivity contribution is 8.18. The number of hydrogen-bond donors (Lipinski definition) is 0. The third-order valence-corrected chi connectivity index (χ3v) is 3.90. The van der Waals surface area contributed by atoms with E-state index in [0.29, 0.717) is 17.0 Å². The lowest BCUT2D eigenvalue weighted by Gasteiger charge is -2.10. The number of benzene rings is 1. The van der Waals surface area contributed by atoms with Gasteiger partial charge in [0.1, 0.15) is 0 Å². The molecule has 0 saturated carbocycles. The van der Waals surface area contributed by atoms with Crippen LogP contribution in [0.25, 0.3) is 6.08 Å². The highest BCUT2D eigenvalue weighted by Crippen LogP contribution is 2.32. The van der Waals surface area contributed by atoms with Gasteiger partial charge in [0.05, 0.1) is 9.83 Å². The summed E-state index contributed by atoms with van der Waals surface area (Å²) in [6.07, 6.45) is 3.18. The fourth-order valence-corrected chi connectivity index (χ4v) is 2.75. The van der Waals surface area contributed by atoms with Gasteiger partial charge in [-0.2, -0.15) is 0 Å². The van der Waals surface area contributed by atoms with Crippen molar-refractivity contribution in [3.8, 4) is 0 Å². The second kappa shape index (κ2) is 6.53. The lowest BCUT2D eigenvalue weighted by Crippen LogP contribution is -2.29. The van der Waals surface area contributed by atoms with Crippen molar-refractivity contribution in [1.82, 2.24) is 4.90 Å². The zero-order valence-corrected chi connectivity index (χ0v) is 12.3. The summed E-state index contributed by atoms with van der Waals surface area (Å²) >= 11 is 0.870. The van der Waals surface area contributed by atoms with Gasteiger partial charge in [0.2, 0.25) is 0 Å². The Morgan fingerprint density at radius 3 is 2.81 bits per heavy atom. The number of thioether (sulfide) groups is 1. The number of non-ortho nitro benzene ring substituents is 1. The molecule has 2 rings (SSSR count). The van der Waals surface area contributed by atoms with Crippen LogP contribution in [-0.4, -0.2) is 27.5 Å². The SMILES string of the molecule is CCCCN1C(=O)S/C(=C\c2cccc([N+](=O)[O-])c2)C1=O. The van der Waals surface area contributed by atoms with Crippen LogP contribution in [0.3, 0.4) is 0 Å². The van der Waals surface area contributed by atoms with Crippen molar-refractivity contribution in [1.29, 1.82) is 0 Å². The minimum atomic E-state index is -0.496. The Morgan fingerprint density at radius 2 is 2.14 bits per heavy atom. The number of unbranched alkanes of at least 4 members (excludes halogenated alkanes) is 1. The summed E-state index contributed by atoms with van der Waals surface area (Å²) in [6, 6.07) is 5.96. The van der Waals surface area contributed by atoms with Crippen molar-refractivity contribution in [2.45, 2.75) is 19.8 Å². The summed E-state index contributed by atoms with van der Waals surface area (Å²) in [4.78, 5) is 35.7. The van der Waals surface area contributed by atoms with Gasteiger partial charge in [0.15, 0.2) is 0 Å². The Balaban J connectivity index is 2.22. The van der Waals surface area contributed by atoms with E-state index in [-0.39, 0.29) is 16.8 Å². The number of rotatable bonds is 5. The number of imide groups is 1. The van der Waals surface area contributed by atoms with Gasteiger partial charge in [-0.1, -0.05) is 25.5 Å². The smallest absolute Gasteiger partial charge is 0.268 e. The lowest BCUT2D eigenvalue weighted by molar-refractivity contribution is -0.384. The van der Waals surface area contributed by atoms with Crippen LogP contribution in [0.2, 0.25) is 0 Å². The molecular formula is C14H14N2O4S. The molecule has 0 aliphatic carbocycles. The summed E-state index contributed by atoms with van der Waals surface area (Å²) in [7, 11) is 0. The molecular weight excluding hydrogens is 292 g/mol. The van der Waals surface area contributed by atoms with Crippen LogP contribution in [-0.2, 0) is 4.79 Å².